The lowest BCUT2D eigenvalue weighted by atomic mass is 9.85. The zero-order valence-corrected chi connectivity index (χ0v) is 19.9. The number of benzene rings is 3. The van der Waals surface area contributed by atoms with Crippen molar-refractivity contribution in [2.75, 3.05) is 0 Å². The van der Waals surface area contributed by atoms with Crippen molar-refractivity contribution in [1.29, 1.82) is 0 Å². The summed E-state index contributed by atoms with van der Waals surface area (Å²) in [6.45, 7) is 2.17. The summed E-state index contributed by atoms with van der Waals surface area (Å²) in [5.74, 6) is -10.6. The third kappa shape index (κ3) is 4.81. The second kappa shape index (κ2) is 9.60. The molecule has 0 aliphatic heterocycles. The van der Waals surface area contributed by atoms with Gasteiger partial charge in [-0.25, -0.2) is 26.3 Å². The fourth-order valence-electron chi connectivity index (χ4n) is 5.13. The molecule has 0 spiro atoms. The molecule has 3 aromatic rings. The third-order valence-electron chi connectivity index (χ3n) is 6.88. The highest BCUT2D eigenvalue weighted by Gasteiger charge is 2.41. The molecule has 0 amide bonds. The SMILES string of the molecule is CC1CC2=C(C1)CC(c1ccc(-c3cc(F)c(C(F)(F)Oc4cc(F)c(F)c(F)c4)c(F)c3)c(F)c1)C=C2. The third-order valence-corrected chi connectivity index (χ3v) is 6.88. The van der Waals surface area contributed by atoms with Gasteiger partial charge in [0.2, 0.25) is 0 Å². The Balaban J connectivity index is 1.40. The van der Waals surface area contributed by atoms with E-state index in [-0.39, 0.29) is 29.2 Å². The van der Waals surface area contributed by atoms with Gasteiger partial charge < -0.3 is 4.74 Å². The standard InChI is InChI=1S/C29H20F8O/c1-14-6-15-2-3-16(8-18(15)7-14)17-4-5-21(22(30)9-17)19-10-23(31)27(24(32)11-19)29(36,37)38-20-12-25(33)28(35)26(34)13-20/h2-5,9-14,16H,6-8H2,1H3. The van der Waals surface area contributed by atoms with E-state index in [2.05, 4.69) is 17.7 Å². The number of rotatable bonds is 5. The first-order chi connectivity index (χ1) is 17.9. The molecule has 0 saturated carbocycles. The molecule has 2 aliphatic carbocycles. The molecule has 0 saturated heterocycles. The molecular formula is C29H20F8O. The topological polar surface area (TPSA) is 9.23 Å². The van der Waals surface area contributed by atoms with Gasteiger partial charge in [-0.3, -0.25) is 0 Å². The summed E-state index contributed by atoms with van der Waals surface area (Å²) in [5.41, 5.74) is 0.918. The van der Waals surface area contributed by atoms with Gasteiger partial charge in [0.05, 0.1) is 0 Å². The van der Waals surface area contributed by atoms with E-state index in [9.17, 15) is 30.7 Å². The molecule has 0 heterocycles. The lowest BCUT2D eigenvalue weighted by Crippen LogP contribution is -2.25. The van der Waals surface area contributed by atoms with Gasteiger partial charge in [-0.2, -0.15) is 8.78 Å². The molecule has 38 heavy (non-hydrogen) atoms. The maximum atomic E-state index is 15.1. The van der Waals surface area contributed by atoms with Crippen molar-refractivity contribution < 1.29 is 39.9 Å². The largest absolute Gasteiger partial charge is 0.432 e. The van der Waals surface area contributed by atoms with Crippen LogP contribution in [0.2, 0.25) is 0 Å². The van der Waals surface area contributed by atoms with Gasteiger partial charge in [0.15, 0.2) is 17.5 Å². The zero-order chi connectivity index (χ0) is 27.4. The van der Waals surface area contributed by atoms with E-state index in [0.717, 1.165) is 19.3 Å². The first kappa shape index (κ1) is 26.0. The van der Waals surface area contributed by atoms with E-state index in [1.165, 1.54) is 23.3 Å². The first-order valence-electron chi connectivity index (χ1n) is 11.8. The summed E-state index contributed by atoms with van der Waals surface area (Å²) in [5, 5.41) is 0. The second-order valence-electron chi connectivity index (χ2n) is 9.69. The second-order valence-corrected chi connectivity index (χ2v) is 9.69. The summed E-state index contributed by atoms with van der Waals surface area (Å²) in [6.07, 6.45) is 2.08. The minimum atomic E-state index is -4.73. The molecule has 0 fully saturated rings. The van der Waals surface area contributed by atoms with Crippen molar-refractivity contribution in [2.45, 2.75) is 38.2 Å². The summed E-state index contributed by atoms with van der Waals surface area (Å²) in [4.78, 5) is 0. The number of alkyl halides is 2. The predicted molar refractivity (Wildman–Crippen MR) is 125 cm³/mol. The predicted octanol–water partition coefficient (Wildman–Crippen LogP) is 9.09. The van der Waals surface area contributed by atoms with Crippen LogP contribution >= 0.6 is 0 Å². The molecule has 198 valence electrons. The Morgan fingerprint density at radius 2 is 1.42 bits per heavy atom. The lowest BCUT2D eigenvalue weighted by molar-refractivity contribution is -0.189. The molecule has 0 aromatic heterocycles. The number of hydrogen-bond acceptors (Lipinski definition) is 1. The van der Waals surface area contributed by atoms with Crippen LogP contribution in [0, 0.1) is 40.8 Å². The van der Waals surface area contributed by atoms with Crippen LogP contribution < -0.4 is 4.74 Å². The van der Waals surface area contributed by atoms with Crippen LogP contribution in [-0.4, -0.2) is 0 Å². The monoisotopic (exact) mass is 536 g/mol. The Kier molecular flexibility index (Phi) is 6.57. The molecule has 2 atom stereocenters. The van der Waals surface area contributed by atoms with Crippen LogP contribution in [0.25, 0.3) is 11.1 Å². The van der Waals surface area contributed by atoms with E-state index < -0.39 is 52.3 Å². The first-order valence-corrected chi connectivity index (χ1v) is 11.8. The van der Waals surface area contributed by atoms with E-state index in [4.69, 9.17) is 0 Å². The fraction of sp³-hybridized carbons (Fsp3) is 0.241. The van der Waals surface area contributed by atoms with Gasteiger partial charge in [0.1, 0.15) is 28.8 Å². The Morgan fingerprint density at radius 3 is 2.05 bits per heavy atom. The van der Waals surface area contributed by atoms with Gasteiger partial charge in [0, 0.05) is 23.6 Å². The molecule has 0 bridgehead atoms. The van der Waals surface area contributed by atoms with Crippen molar-refractivity contribution in [3.8, 4) is 16.9 Å². The molecule has 1 nitrogen and oxygen atoms in total. The Morgan fingerprint density at radius 1 is 0.763 bits per heavy atom. The zero-order valence-electron chi connectivity index (χ0n) is 19.9. The van der Waals surface area contributed by atoms with E-state index in [0.29, 0.717) is 23.6 Å². The van der Waals surface area contributed by atoms with Crippen molar-refractivity contribution in [3.05, 3.63) is 112 Å². The molecule has 0 radical (unpaired) electrons. The number of hydrogen-bond donors (Lipinski definition) is 0. The molecule has 3 aromatic carbocycles. The number of ether oxygens (including phenoxy) is 1. The quantitative estimate of drug-likeness (QED) is 0.234. The van der Waals surface area contributed by atoms with E-state index in [1.807, 2.05) is 6.08 Å². The van der Waals surface area contributed by atoms with Crippen LogP contribution in [0.4, 0.5) is 35.1 Å². The normalized spacial score (nSPS) is 19.2. The van der Waals surface area contributed by atoms with Crippen molar-refractivity contribution in [1.82, 2.24) is 0 Å². The van der Waals surface area contributed by atoms with Crippen LogP contribution in [0.3, 0.4) is 0 Å². The summed E-state index contributed by atoms with van der Waals surface area (Å²) in [6, 6.07) is 5.45. The number of halogens is 8. The van der Waals surface area contributed by atoms with Gasteiger partial charge >= 0.3 is 6.11 Å². The summed E-state index contributed by atoms with van der Waals surface area (Å²) in [7, 11) is 0. The molecular weight excluding hydrogens is 516 g/mol. The molecule has 2 unspecified atom stereocenters. The Bertz CT molecular complexity index is 1440. The number of allylic oxidation sites excluding steroid dienone is 4. The average molecular weight is 536 g/mol. The van der Waals surface area contributed by atoms with Crippen LogP contribution in [-0.2, 0) is 6.11 Å². The molecule has 9 heteroatoms. The highest BCUT2D eigenvalue weighted by atomic mass is 19.3. The van der Waals surface area contributed by atoms with Gasteiger partial charge in [-0.1, -0.05) is 36.8 Å². The minimum absolute atomic E-state index is 0.0598. The van der Waals surface area contributed by atoms with Gasteiger partial charge in [0.25, 0.3) is 0 Å². The fourth-order valence-corrected chi connectivity index (χ4v) is 5.13. The molecule has 2 aliphatic rings. The smallest absolute Gasteiger partial charge is 0.429 e. The van der Waals surface area contributed by atoms with Crippen molar-refractivity contribution >= 4 is 0 Å². The van der Waals surface area contributed by atoms with Crippen molar-refractivity contribution in [3.63, 3.8) is 0 Å². The van der Waals surface area contributed by atoms with Crippen LogP contribution in [0.15, 0.2) is 65.8 Å². The van der Waals surface area contributed by atoms with Crippen LogP contribution in [0.5, 0.6) is 5.75 Å². The molecule has 0 N–H and O–H groups in total. The minimum Gasteiger partial charge on any atom is -0.429 e. The van der Waals surface area contributed by atoms with Gasteiger partial charge in [-0.15, -0.1) is 0 Å². The summed E-state index contributed by atoms with van der Waals surface area (Å²) < 4.78 is 118. The lowest BCUT2D eigenvalue weighted by Gasteiger charge is -2.21. The molecule has 5 rings (SSSR count). The Labute approximate surface area is 213 Å². The maximum absolute atomic E-state index is 15.1. The van der Waals surface area contributed by atoms with Gasteiger partial charge in [-0.05, 0) is 60.1 Å². The average Bonchev–Trinajstić information content (AvgIpc) is 3.20. The Hall–Kier alpha value is -3.62. The van der Waals surface area contributed by atoms with E-state index >= 15 is 4.39 Å². The van der Waals surface area contributed by atoms with Crippen LogP contribution in [0.1, 0.15) is 43.2 Å². The van der Waals surface area contributed by atoms with E-state index in [1.54, 1.807) is 6.07 Å². The maximum Gasteiger partial charge on any atom is 0.432 e. The summed E-state index contributed by atoms with van der Waals surface area (Å²) >= 11 is 0. The van der Waals surface area contributed by atoms with Crippen molar-refractivity contribution in [2.24, 2.45) is 5.92 Å². The highest BCUT2D eigenvalue weighted by molar-refractivity contribution is 5.66. The highest BCUT2D eigenvalue weighted by Crippen LogP contribution is 2.43.